The molecule has 2 rings (SSSR count). The highest BCUT2D eigenvalue weighted by atomic mass is 16.5. The largest absolute Gasteiger partial charge is 0.457 e. The fourth-order valence-corrected chi connectivity index (χ4v) is 1.44. The second kappa shape index (κ2) is 5.15. The van der Waals surface area contributed by atoms with Crippen LogP contribution in [0.4, 0.5) is 0 Å². The molecule has 3 heteroatoms. The van der Waals surface area contributed by atoms with Gasteiger partial charge in [0.25, 0.3) is 0 Å². The van der Waals surface area contributed by atoms with E-state index in [1.165, 1.54) is 0 Å². The highest BCUT2D eigenvalue weighted by Gasteiger charge is 2.08. The SMILES string of the molecule is N#C[C@@H]([O])c1cccc(Oc2ccccc2)c1. The van der Waals surface area contributed by atoms with Gasteiger partial charge in [-0.3, -0.25) is 0 Å². The molecule has 0 N–H and O–H groups in total. The van der Waals surface area contributed by atoms with Crippen molar-refractivity contribution < 1.29 is 9.84 Å². The van der Waals surface area contributed by atoms with E-state index in [-0.39, 0.29) is 0 Å². The number of benzene rings is 2. The first kappa shape index (κ1) is 11.2. The third-order valence-corrected chi connectivity index (χ3v) is 2.26. The number of nitrogens with zero attached hydrogens (tertiary/aromatic N) is 1. The number of hydrogen-bond acceptors (Lipinski definition) is 2. The number of hydrogen-bond donors (Lipinski definition) is 0. The van der Waals surface area contributed by atoms with E-state index < -0.39 is 6.10 Å². The average Bonchev–Trinajstić information content (AvgIpc) is 2.39. The zero-order valence-corrected chi connectivity index (χ0v) is 9.04. The van der Waals surface area contributed by atoms with Crippen molar-refractivity contribution in [2.45, 2.75) is 6.10 Å². The second-order valence-corrected chi connectivity index (χ2v) is 3.50. The lowest BCUT2D eigenvalue weighted by Gasteiger charge is -2.07. The van der Waals surface area contributed by atoms with Crippen LogP contribution >= 0.6 is 0 Å². The molecule has 0 fully saturated rings. The van der Waals surface area contributed by atoms with Crippen LogP contribution in [0.15, 0.2) is 54.6 Å². The standard InChI is InChI=1S/C14H10NO2/c15-10-14(16)11-5-4-8-13(9-11)17-12-6-2-1-3-7-12/h1-9,14H/t14-/m1/s1. The minimum Gasteiger partial charge on any atom is -0.457 e. The van der Waals surface area contributed by atoms with Gasteiger partial charge in [-0.1, -0.05) is 30.3 Å². The van der Waals surface area contributed by atoms with E-state index in [9.17, 15) is 5.11 Å². The van der Waals surface area contributed by atoms with Gasteiger partial charge in [-0.05, 0) is 24.3 Å². The first-order chi connectivity index (χ1) is 8.29. The van der Waals surface area contributed by atoms with E-state index in [2.05, 4.69) is 0 Å². The molecule has 0 aliphatic rings. The Labute approximate surface area is 99.5 Å². The molecule has 0 saturated carbocycles. The van der Waals surface area contributed by atoms with E-state index in [4.69, 9.17) is 10.00 Å². The van der Waals surface area contributed by atoms with E-state index in [1.54, 1.807) is 30.3 Å². The molecule has 0 saturated heterocycles. The van der Waals surface area contributed by atoms with Crippen molar-refractivity contribution in [3.05, 3.63) is 60.2 Å². The van der Waals surface area contributed by atoms with Crippen LogP contribution in [0.1, 0.15) is 11.7 Å². The Balaban J connectivity index is 2.20. The smallest absolute Gasteiger partial charge is 0.204 e. The van der Waals surface area contributed by atoms with Crippen molar-refractivity contribution >= 4 is 0 Å². The second-order valence-electron chi connectivity index (χ2n) is 3.50. The van der Waals surface area contributed by atoms with Gasteiger partial charge < -0.3 is 4.74 Å². The molecule has 0 aliphatic carbocycles. The van der Waals surface area contributed by atoms with Crippen LogP contribution < -0.4 is 4.74 Å². The van der Waals surface area contributed by atoms with Gasteiger partial charge in [0, 0.05) is 5.56 Å². The summed E-state index contributed by atoms with van der Waals surface area (Å²) in [7, 11) is 0. The van der Waals surface area contributed by atoms with Crippen molar-refractivity contribution in [3.63, 3.8) is 0 Å². The summed E-state index contributed by atoms with van der Waals surface area (Å²) < 4.78 is 5.57. The quantitative estimate of drug-likeness (QED) is 0.801. The molecule has 1 radical (unpaired) electrons. The number of ether oxygens (including phenoxy) is 1. The highest BCUT2D eigenvalue weighted by Crippen LogP contribution is 2.24. The molecule has 2 aromatic rings. The topological polar surface area (TPSA) is 52.9 Å². The van der Waals surface area contributed by atoms with E-state index in [0.29, 0.717) is 17.1 Å². The Hall–Kier alpha value is -2.31. The minimum atomic E-state index is -1.37. The van der Waals surface area contributed by atoms with Crippen LogP contribution in [-0.4, -0.2) is 0 Å². The lowest BCUT2D eigenvalue weighted by Crippen LogP contribution is -1.92. The minimum absolute atomic E-state index is 0.418. The molecule has 3 nitrogen and oxygen atoms in total. The normalized spacial score (nSPS) is 11.5. The van der Waals surface area contributed by atoms with Crippen molar-refractivity contribution in [2.75, 3.05) is 0 Å². The predicted octanol–water partition coefficient (Wildman–Crippen LogP) is 3.47. The molecule has 0 bridgehead atoms. The van der Waals surface area contributed by atoms with Gasteiger partial charge in [-0.15, -0.1) is 0 Å². The maximum absolute atomic E-state index is 11.3. The van der Waals surface area contributed by atoms with E-state index in [0.717, 1.165) is 0 Å². The van der Waals surface area contributed by atoms with Gasteiger partial charge in [0.05, 0.1) is 0 Å². The first-order valence-corrected chi connectivity index (χ1v) is 5.18. The molecule has 0 heterocycles. The van der Waals surface area contributed by atoms with Crippen molar-refractivity contribution in [1.29, 1.82) is 5.26 Å². The molecule has 0 spiro atoms. The predicted molar refractivity (Wildman–Crippen MR) is 62.0 cm³/mol. The third-order valence-electron chi connectivity index (χ3n) is 2.26. The summed E-state index contributed by atoms with van der Waals surface area (Å²) in [5.41, 5.74) is 0.418. The Bertz CT molecular complexity index is 531. The molecule has 0 aliphatic heterocycles. The zero-order chi connectivity index (χ0) is 12.1. The number of nitriles is 1. The van der Waals surface area contributed by atoms with Crippen molar-refractivity contribution in [3.8, 4) is 17.6 Å². The van der Waals surface area contributed by atoms with Gasteiger partial charge >= 0.3 is 0 Å². The van der Waals surface area contributed by atoms with Gasteiger partial charge in [0.15, 0.2) is 0 Å². The zero-order valence-electron chi connectivity index (χ0n) is 9.04. The van der Waals surface area contributed by atoms with Crippen LogP contribution in [0.3, 0.4) is 0 Å². The molecule has 17 heavy (non-hydrogen) atoms. The maximum Gasteiger partial charge on any atom is 0.204 e. The van der Waals surface area contributed by atoms with Gasteiger partial charge in [0.2, 0.25) is 6.10 Å². The average molecular weight is 224 g/mol. The fraction of sp³-hybridized carbons (Fsp3) is 0.0714. The van der Waals surface area contributed by atoms with Crippen LogP contribution in [-0.2, 0) is 5.11 Å². The summed E-state index contributed by atoms with van der Waals surface area (Å²) in [6.07, 6.45) is -1.37. The molecule has 0 unspecified atom stereocenters. The van der Waals surface area contributed by atoms with Crippen LogP contribution in [0.5, 0.6) is 11.5 Å². The lowest BCUT2D eigenvalue weighted by molar-refractivity contribution is 0.137. The summed E-state index contributed by atoms with van der Waals surface area (Å²) in [5.74, 6) is 1.26. The highest BCUT2D eigenvalue weighted by molar-refractivity contribution is 5.35. The molecular formula is C14H10NO2. The first-order valence-electron chi connectivity index (χ1n) is 5.18. The number of rotatable bonds is 3. The molecule has 83 valence electrons. The van der Waals surface area contributed by atoms with Gasteiger partial charge in [-0.2, -0.15) is 5.26 Å². The molecular weight excluding hydrogens is 214 g/mol. The van der Waals surface area contributed by atoms with Crippen LogP contribution in [0, 0.1) is 11.3 Å². The van der Waals surface area contributed by atoms with E-state index >= 15 is 0 Å². The Kier molecular flexibility index (Phi) is 3.39. The third kappa shape index (κ3) is 2.83. The molecule has 2 aromatic carbocycles. The summed E-state index contributed by atoms with van der Waals surface area (Å²) in [6, 6.07) is 17.6. The van der Waals surface area contributed by atoms with E-state index in [1.807, 2.05) is 30.3 Å². The monoisotopic (exact) mass is 224 g/mol. The molecule has 1 atom stereocenters. The van der Waals surface area contributed by atoms with Crippen molar-refractivity contribution in [2.24, 2.45) is 0 Å². The summed E-state index contributed by atoms with van der Waals surface area (Å²) >= 11 is 0. The summed E-state index contributed by atoms with van der Waals surface area (Å²) in [6.45, 7) is 0. The Morgan fingerprint density at radius 3 is 2.41 bits per heavy atom. The fourth-order valence-electron chi connectivity index (χ4n) is 1.44. The van der Waals surface area contributed by atoms with Gasteiger partial charge in [-0.25, -0.2) is 5.11 Å². The molecule has 0 aromatic heterocycles. The molecule has 0 amide bonds. The Morgan fingerprint density at radius 2 is 1.71 bits per heavy atom. The summed E-state index contributed by atoms with van der Waals surface area (Å²) in [4.78, 5) is 0. The lowest BCUT2D eigenvalue weighted by atomic mass is 10.1. The summed E-state index contributed by atoms with van der Waals surface area (Å²) in [5, 5.41) is 19.9. The maximum atomic E-state index is 11.3. The Morgan fingerprint density at radius 1 is 1.00 bits per heavy atom. The van der Waals surface area contributed by atoms with Crippen molar-refractivity contribution in [1.82, 2.24) is 0 Å². The van der Waals surface area contributed by atoms with Gasteiger partial charge in [0.1, 0.15) is 17.6 Å². The van der Waals surface area contributed by atoms with Crippen LogP contribution in [0.2, 0.25) is 0 Å². The van der Waals surface area contributed by atoms with Crippen LogP contribution in [0.25, 0.3) is 0 Å². The number of para-hydroxylation sites is 1.